The average molecular weight is 400 g/mol. The Bertz CT molecular complexity index is 1440. The molecule has 0 fully saturated rings. The van der Waals surface area contributed by atoms with Gasteiger partial charge in [0.25, 0.3) is 5.69 Å². The molecular formula is C22H16N4O4. The molecule has 148 valence electrons. The number of nitro groups is 1. The highest BCUT2D eigenvalue weighted by Crippen LogP contribution is 2.40. The zero-order chi connectivity index (χ0) is 20.8. The molecule has 5 aromatic rings. The molecule has 30 heavy (non-hydrogen) atoms. The van der Waals surface area contributed by atoms with Crippen molar-refractivity contribution in [1.29, 1.82) is 0 Å². The van der Waals surface area contributed by atoms with Gasteiger partial charge >= 0.3 is 0 Å². The van der Waals surface area contributed by atoms with Crippen molar-refractivity contribution in [1.82, 2.24) is 14.4 Å². The lowest BCUT2D eigenvalue weighted by molar-refractivity contribution is -0.384. The first-order chi connectivity index (χ1) is 14.6. The molecule has 0 aliphatic carbocycles. The number of nitrogens with zero attached hydrogens (tertiary/aromatic N) is 4. The summed E-state index contributed by atoms with van der Waals surface area (Å²) in [4.78, 5) is 20.3. The number of non-ortho nitro benzene ring substituents is 1. The normalized spacial score (nSPS) is 11.3. The van der Waals surface area contributed by atoms with Gasteiger partial charge in [-0.3, -0.25) is 14.5 Å². The minimum atomic E-state index is -0.422. The Morgan fingerprint density at radius 2 is 1.80 bits per heavy atom. The number of hydrogen-bond donors (Lipinski definition) is 0. The van der Waals surface area contributed by atoms with Crippen molar-refractivity contribution in [2.24, 2.45) is 0 Å². The highest BCUT2D eigenvalue weighted by molar-refractivity contribution is 6.12. The van der Waals surface area contributed by atoms with Crippen molar-refractivity contribution >= 4 is 33.3 Å². The van der Waals surface area contributed by atoms with Gasteiger partial charge in [-0.15, -0.1) is 0 Å². The minimum absolute atomic E-state index is 0.0209. The summed E-state index contributed by atoms with van der Waals surface area (Å²) in [6, 6.07) is 15.8. The number of imidazole rings is 1. The maximum absolute atomic E-state index is 11.1. The van der Waals surface area contributed by atoms with Crippen LogP contribution in [0, 0.1) is 10.1 Å². The van der Waals surface area contributed by atoms with E-state index in [0.717, 1.165) is 27.5 Å². The quantitative estimate of drug-likeness (QED) is 0.323. The summed E-state index contributed by atoms with van der Waals surface area (Å²) in [5, 5.41) is 12.7. The van der Waals surface area contributed by atoms with Gasteiger partial charge in [0, 0.05) is 35.3 Å². The highest BCUT2D eigenvalue weighted by Gasteiger charge is 2.20. The summed E-state index contributed by atoms with van der Waals surface area (Å²) < 4.78 is 13.0. The number of hydrogen-bond acceptors (Lipinski definition) is 6. The van der Waals surface area contributed by atoms with Gasteiger partial charge < -0.3 is 9.47 Å². The molecule has 0 bridgehead atoms. The third-order valence-electron chi connectivity index (χ3n) is 5.10. The van der Waals surface area contributed by atoms with Gasteiger partial charge in [-0.2, -0.15) is 0 Å². The molecule has 0 spiro atoms. The molecule has 3 heterocycles. The van der Waals surface area contributed by atoms with Crippen LogP contribution in [0.5, 0.6) is 11.5 Å². The minimum Gasteiger partial charge on any atom is -0.497 e. The topological polar surface area (TPSA) is 91.8 Å². The number of ether oxygens (including phenoxy) is 2. The van der Waals surface area contributed by atoms with Gasteiger partial charge in [0.1, 0.15) is 22.7 Å². The lowest BCUT2D eigenvalue weighted by atomic mass is 10.0. The third kappa shape index (κ3) is 2.61. The second-order valence-corrected chi connectivity index (χ2v) is 6.73. The molecule has 0 radical (unpaired) electrons. The van der Waals surface area contributed by atoms with Crippen LogP contribution in [0.25, 0.3) is 38.8 Å². The molecule has 0 amide bonds. The van der Waals surface area contributed by atoms with Crippen molar-refractivity contribution in [3.63, 3.8) is 0 Å². The summed E-state index contributed by atoms with van der Waals surface area (Å²) in [5.41, 5.74) is 3.58. The highest BCUT2D eigenvalue weighted by atomic mass is 16.6. The molecule has 3 aromatic heterocycles. The number of rotatable bonds is 4. The van der Waals surface area contributed by atoms with Crippen LogP contribution in [-0.2, 0) is 0 Å². The van der Waals surface area contributed by atoms with E-state index in [2.05, 4.69) is 0 Å². The lowest BCUT2D eigenvalue weighted by Gasteiger charge is -2.13. The first-order valence-electron chi connectivity index (χ1n) is 9.18. The van der Waals surface area contributed by atoms with Crippen LogP contribution in [0.2, 0.25) is 0 Å². The Hall–Kier alpha value is -4.20. The first-order valence-corrected chi connectivity index (χ1v) is 9.18. The lowest BCUT2D eigenvalue weighted by Crippen LogP contribution is -1.96. The Morgan fingerprint density at radius 3 is 2.50 bits per heavy atom. The van der Waals surface area contributed by atoms with Crippen molar-refractivity contribution in [3.05, 3.63) is 70.9 Å². The van der Waals surface area contributed by atoms with Crippen LogP contribution in [0.1, 0.15) is 0 Å². The maximum Gasteiger partial charge on any atom is 0.269 e. The number of fused-ring (bicyclic) bond motifs is 5. The molecule has 0 saturated carbocycles. The smallest absolute Gasteiger partial charge is 0.269 e. The number of nitro benzene ring substituents is 1. The Balaban J connectivity index is 1.94. The van der Waals surface area contributed by atoms with Crippen molar-refractivity contribution in [2.45, 2.75) is 0 Å². The Labute approximate surface area is 170 Å². The summed E-state index contributed by atoms with van der Waals surface area (Å²) in [7, 11) is 3.18. The second kappa shape index (κ2) is 6.70. The van der Waals surface area contributed by atoms with E-state index in [0.29, 0.717) is 22.8 Å². The zero-order valence-corrected chi connectivity index (χ0v) is 16.2. The average Bonchev–Trinajstić information content (AvgIpc) is 3.16. The standard InChI is InChI=1S/C22H16N4O4/c1-29-15-11-16-19(17(12-15)30-2)20(13-6-8-14(9-7-13)26(27)28)24-22-21(16)23-18-5-3-4-10-25(18)22/h3-12H,1-2H3. The van der Waals surface area contributed by atoms with Gasteiger partial charge in [-0.25, -0.2) is 9.97 Å². The number of methoxy groups -OCH3 is 2. The second-order valence-electron chi connectivity index (χ2n) is 6.73. The van der Waals surface area contributed by atoms with E-state index < -0.39 is 4.92 Å². The van der Waals surface area contributed by atoms with Crippen LogP contribution in [0.4, 0.5) is 5.69 Å². The van der Waals surface area contributed by atoms with Crippen LogP contribution in [0.15, 0.2) is 60.8 Å². The molecule has 5 rings (SSSR count). The summed E-state index contributed by atoms with van der Waals surface area (Å²) >= 11 is 0. The molecule has 0 aliphatic rings. The van der Waals surface area contributed by atoms with E-state index in [9.17, 15) is 10.1 Å². The van der Waals surface area contributed by atoms with Crippen LogP contribution in [-0.4, -0.2) is 33.5 Å². The molecular weight excluding hydrogens is 384 g/mol. The van der Waals surface area contributed by atoms with Crippen molar-refractivity contribution < 1.29 is 14.4 Å². The van der Waals surface area contributed by atoms with Crippen molar-refractivity contribution in [3.8, 4) is 22.8 Å². The van der Waals surface area contributed by atoms with E-state index >= 15 is 0 Å². The molecule has 0 N–H and O–H groups in total. The number of aromatic nitrogens is 3. The number of pyridine rings is 2. The molecule has 2 aromatic carbocycles. The van der Waals surface area contributed by atoms with Gasteiger partial charge in [-0.1, -0.05) is 6.07 Å². The van der Waals surface area contributed by atoms with E-state index in [-0.39, 0.29) is 5.69 Å². The number of benzene rings is 2. The molecule has 0 aliphatic heterocycles. The largest absolute Gasteiger partial charge is 0.497 e. The SMILES string of the molecule is COc1cc(OC)c2c(-c3ccc([N+](=O)[O-])cc3)nc3c(nc4ccccn43)c2c1. The fourth-order valence-electron chi connectivity index (χ4n) is 3.68. The van der Waals surface area contributed by atoms with Crippen LogP contribution < -0.4 is 9.47 Å². The zero-order valence-electron chi connectivity index (χ0n) is 16.2. The first kappa shape index (κ1) is 17.9. The Kier molecular flexibility index (Phi) is 3.99. The van der Waals surface area contributed by atoms with Crippen molar-refractivity contribution in [2.75, 3.05) is 14.2 Å². The fraction of sp³-hybridized carbons (Fsp3) is 0.0909. The monoisotopic (exact) mass is 400 g/mol. The van der Waals surface area contributed by atoms with E-state index in [1.807, 2.05) is 34.9 Å². The maximum atomic E-state index is 11.1. The summed E-state index contributed by atoms with van der Waals surface area (Å²) in [6.45, 7) is 0. The van der Waals surface area contributed by atoms with Gasteiger partial charge in [0.15, 0.2) is 5.65 Å². The predicted molar refractivity (Wildman–Crippen MR) is 113 cm³/mol. The van der Waals surface area contributed by atoms with Gasteiger partial charge in [0.05, 0.1) is 30.2 Å². The summed E-state index contributed by atoms with van der Waals surface area (Å²) in [5.74, 6) is 1.22. The summed E-state index contributed by atoms with van der Waals surface area (Å²) in [6.07, 6.45) is 1.90. The van der Waals surface area contributed by atoms with E-state index in [1.165, 1.54) is 12.1 Å². The van der Waals surface area contributed by atoms with Gasteiger partial charge in [-0.05, 0) is 30.3 Å². The Morgan fingerprint density at radius 1 is 1.00 bits per heavy atom. The van der Waals surface area contributed by atoms with E-state index in [4.69, 9.17) is 19.4 Å². The molecule has 0 atom stereocenters. The van der Waals surface area contributed by atoms with Gasteiger partial charge in [0.2, 0.25) is 0 Å². The molecule has 0 saturated heterocycles. The predicted octanol–water partition coefficient (Wildman–Crippen LogP) is 4.63. The van der Waals surface area contributed by atoms with Crippen LogP contribution in [0.3, 0.4) is 0 Å². The fourth-order valence-corrected chi connectivity index (χ4v) is 3.68. The molecule has 8 heteroatoms. The third-order valence-corrected chi connectivity index (χ3v) is 5.10. The molecule has 8 nitrogen and oxygen atoms in total. The van der Waals surface area contributed by atoms with E-state index in [1.54, 1.807) is 32.4 Å². The van der Waals surface area contributed by atoms with Crippen LogP contribution >= 0.6 is 0 Å². The molecule has 0 unspecified atom stereocenters.